The molecule has 0 unspecified atom stereocenters. The minimum Gasteiger partial charge on any atom is -0.469 e. The first-order valence-corrected chi connectivity index (χ1v) is 6.83. The Morgan fingerprint density at radius 2 is 1.48 bits per heavy atom. The molecule has 0 bridgehead atoms. The third kappa shape index (κ3) is 5.11. The predicted molar refractivity (Wildman–Crippen MR) is 86.7 cm³/mol. The SMILES string of the molecule is COC(=O)Cc1ccc(C=CC=Cc2ccccc2)cc1. The van der Waals surface area contributed by atoms with E-state index in [2.05, 4.69) is 22.9 Å². The fraction of sp³-hybridized carbons (Fsp3) is 0.105. The summed E-state index contributed by atoms with van der Waals surface area (Å²) in [7, 11) is 1.40. The molecule has 0 spiro atoms. The fourth-order valence-corrected chi connectivity index (χ4v) is 1.88. The number of rotatable bonds is 5. The summed E-state index contributed by atoms with van der Waals surface area (Å²) in [6, 6.07) is 18.0. The summed E-state index contributed by atoms with van der Waals surface area (Å²) in [4.78, 5) is 11.2. The number of hydrogen-bond acceptors (Lipinski definition) is 2. The van der Waals surface area contributed by atoms with E-state index in [1.165, 1.54) is 12.7 Å². The Bertz CT molecular complexity index is 622. The predicted octanol–water partition coefficient (Wildman–Crippen LogP) is 4.13. The molecule has 2 rings (SSSR count). The van der Waals surface area contributed by atoms with E-state index in [0.717, 1.165) is 11.1 Å². The second kappa shape index (κ2) is 7.85. The molecular formula is C19H18O2. The molecule has 21 heavy (non-hydrogen) atoms. The maximum absolute atomic E-state index is 11.2. The van der Waals surface area contributed by atoms with Crippen molar-refractivity contribution in [1.82, 2.24) is 0 Å². The van der Waals surface area contributed by atoms with Crippen molar-refractivity contribution in [3.05, 3.63) is 83.4 Å². The lowest BCUT2D eigenvalue weighted by atomic mass is 10.1. The second-order valence-corrected chi connectivity index (χ2v) is 4.62. The zero-order chi connectivity index (χ0) is 14.9. The molecule has 106 valence electrons. The highest BCUT2D eigenvalue weighted by Gasteiger charge is 2.01. The van der Waals surface area contributed by atoms with Crippen LogP contribution in [0.5, 0.6) is 0 Å². The first kappa shape index (κ1) is 14.8. The molecule has 0 radical (unpaired) electrons. The lowest BCUT2D eigenvalue weighted by Crippen LogP contribution is -2.03. The van der Waals surface area contributed by atoms with E-state index in [4.69, 9.17) is 0 Å². The third-order valence-corrected chi connectivity index (χ3v) is 3.04. The molecule has 0 N–H and O–H groups in total. The van der Waals surface area contributed by atoms with Crippen LogP contribution in [0.25, 0.3) is 12.2 Å². The molecule has 2 heteroatoms. The first-order chi connectivity index (χ1) is 10.3. The first-order valence-electron chi connectivity index (χ1n) is 6.83. The van der Waals surface area contributed by atoms with Gasteiger partial charge < -0.3 is 4.74 Å². The Hall–Kier alpha value is -2.61. The van der Waals surface area contributed by atoms with E-state index in [-0.39, 0.29) is 5.97 Å². The van der Waals surface area contributed by atoms with Crippen molar-refractivity contribution in [3.8, 4) is 0 Å². The standard InChI is InChI=1S/C19H18O2/c1-21-19(20)15-18-13-11-17(12-14-18)10-6-5-9-16-7-3-2-4-8-16/h2-14H,15H2,1H3. The molecule has 0 fully saturated rings. The highest BCUT2D eigenvalue weighted by Crippen LogP contribution is 2.08. The summed E-state index contributed by atoms with van der Waals surface area (Å²) in [5.74, 6) is -0.218. The van der Waals surface area contributed by atoms with Gasteiger partial charge in [-0.2, -0.15) is 0 Å². The Morgan fingerprint density at radius 1 is 0.905 bits per heavy atom. The van der Waals surface area contributed by atoms with E-state index >= 15 is 0 Å². The summed E-state index contributed by atoms with van der Waals surface area (Å²) >= 11 is 0. The highest BCUT2D eigenvalue weighted by atomic mass is 16.5. The van der Waals surface area contributed by atoms with E-state index in [9.17, 15) is 4.79 Å². The molecular weight excluding hydrogens is 260 g/mol. The van der Waals surface area contributed by atoms with Gasteiger partial charge in [-0.25, -0.2) is 0 Å². The third-order valence-electron chi connectivity index (χ3n) is 3.04. The van der Waals surface area contributed by atoms with Crippen molar-refractivity contribution >= 4 is 18.1 Å². The highest BCUT2D eigenvalue weighted by molar-refractivity contribution is 5.72. The molecule has 0 saturated heterocycles. The zero-order valence-electron chi connectivity index (χ0n) is 12.0. The van der Waals surface area contributed by atoms with E-state index < -0.39 is 0 Å². The number of benzene rings is 2. The molecule has 2 aromatic rings. The van der Waals surface area contributed by atoms with Gasteiger partial charge in [0, 0.05) is 0 Å². The van der Waals surface area contributed by atoms with E-state index in [1.54, 1.807) is 0 Å². The Kier molecular flexibility index (Phi) is 5.53. The second-order valence-electron chi connectivity index (χ2n) is 4.62. The largest absolute Gasteiger partial charge is 0.469 e. The van der Waals surface area contributed by atoms with Crippen molar-refractivity contribution in [2.45, 2.75) is 6.42 Å². The number of ether oxygens (including phenoxy) is 1. The topological polar surface area (TPSA) is 26.3 Å². The van der Waals surface area contributed by atoms with Gasteiger partial charge in [0.25, 0.3) is 0 Å². The van der Waals surface area contributed by atoms with Crippen molar-refractivity contribution < 1.29 is 9.53 Å². The van der Waals surface area contributed by atoms with Gasteiger partial charge in [0.15, 0.2) is 0 Å². The van der Waals surface area contributed by atoms with Crippen LogP contribution in [0.1, 0.15) is 16.7 Å². The van der Waals surface area contributed by atoms with Gasteiger partial charge >= 0.3 is 5.97 Å². The summed E-state index contributed by atoms with van der Waals surface area (Å²) in [6.07, 6.45) is 8.41. The molecule has 0 aliphatic heterocycles. The monoisotopic (exact) mass is 278 g/mol. The van der Waals surface area contributed by atoms with Crippen LogP contribution >= 0.6 is 0 Å². The van der Waals surface area contributed by atoms with Crippen LogP contribution in [0.15, 0.2) is 66.7 Å². The maximum atomic E-state index is 11.2. The lowest BCUT2D eigenvalue weighted by molar-refractivity contribution is -0.139. The van der Waals surface area contributed by atoms with Crippen molar-refractivity contribution in [3.63, 3.8) is 0 Å². The molecule has 0 aromatic heterocycles. The van der Waals surface area contributed by atoms with Gasteiger partial charge in [-0.3, -0.25) is 4.79 Å². The number of hydrogen-bond donors (Lipinski definition) is 0. The molecule has 0 heterocycles. The van der Waals surface area contributed by atoms with E-state index in [0.29, 0.717) is 6.42 Å². The number of methoxy groups -OCH3 is 1. The van der Waals surface area contributed by atoms with Crippen LogP contribution in [-0.2, 0) is 16.0 Å². The minimum atomic E-state index is -0.218. The van der Waals surface area contributed by atoms with Crippen LogP contribution < -0.4 is 0 Å². The number of carbonyl (C=O) groups is 1. The van der Waals surface area contributed by atoms with Gasteiger partial charge in [0.1, 0.15) is 0 Å². The van der Waals surface area contributed by atoms with E-state index in [1.807, 2.05) is 60.7 Å². The molecule has 0 saturated carbocycles. The Labute approximate surface area is 125 Å². The minimum absolute atomic E-state index is 0.218. The molecule has 2 nitrogen and oxygen atoms in total. The normalized spacial score (nSPS) is 11.1. The van der Waals surface area contributed by atoms with Gasteiger partial charge in [-0.05, 0) is 16.7 Å². The quantitative estimate of drug-likeness (QED) is 0.607. The Morgan fingerprint density at radius 3 is 2.05 bits per heavy atom. The van der Waals surface area contributed by atoms with Crippen LogP contribution in [-0.4, -0.2) is 13.1 Å². The van der Waals surface area contributed by atoms with Gasteiger partial charge in [-0.15, -0.1) is 0 Å². The smallest absolute Gasteiger partial charge is 0.309 e. The van der Waals surface area contributed by atoms with Gasteiger partial charge in [0.05, 0.1) is 13.5 Å². The lowest BCUT2D eigenvalue weighted by Gasteiger charge is -2.00. The molecule has 0 amide bonds. The van der Waals surface area contributed by atoms with Crippen molar-refractivity contribution in [2.24, 2.45) is 0 Å². The molecule has 0 aliphatic carbocycles. The average molecular weight is 278 g/mol. The summed E-state index contributed by atoms with van der Waals surface area (Å²) in [5.41, 5.74) is 3.23. The van der Waals surface area contributed by atoms with Crippen LogP contribution in [0.2, 0.25) is 0 Å². The summed E-state index contributed by atoms with van der Waals surface area (Å²) in [6.45, 7) is 0. The zero-order valence-corrected chi connectivity index (χ0v) is 12.0. The maximum Gasteiger partial charge on any atom is 0.309 e. The molecule has 0 atom stereocenters. The van der Waals surface area contributed by atoms with Crippen LogP contribution in [0, 0.1) is 0 Å². The number of carbonyl (C=O) groups excluding carboxylic acids is 1. The van der Waals surface area contributed by atoms with Gasteiger partial charge in [-0.1, -0.05) is 78.9 Å². The van der Waals surface area contributed by atoms with Gasteiger partial charge in [0.2, 0.25) is 0 Å². The Balaban J connectivity index is 1.92. The molecule has 2 aromatic carbocycles. The summed E-state index contributed by atoms with van der Waals surface area (Å²) < 4.78 is 4.64. The average Bonchev–Trinajstić information content (AvgIpc) is 2.54. The summed E-state index contributed by atoms with van der Waals surface area (Å²) in [5, 5.41) is 0. The number of esters is 1. The number of allylic oxidation sites excluding steroid dienone is 2. The fourth-order valence-electron chi connectivity index (χ4n) is 1.88. The van der Waals surface area contributed by atoms with Crippen LogP contribution in [0.4, 0.5) is 0 Å². The van der Waals surface area contributed by atoms with Crippen molar-refractivity contribution in [2.75, 3.05) is 7.11 Å². The van der Waals surface area contributed by atoms with Crippen molar-refractivity contribution in [1.29, 1.82) is 0 Å². The van der Waals surface area contributed by atoms with Crippen LogP contribution in [0.3, 0.4) is 0 Å². The molecule has 0 aliphatic rings.